The maximum atomic E-state index is 12.0. The number of hydrogen-bond acceptors (Lipinski definition) is 5. The van der Waals surface area contributed by atoms with E-state index in [4.69, 9.17) is 11.6 Å². The standard InChI is InChI=1S/C15H14ClN3O3S/c16-7-14(22)19-15-17-11(9-23-15)6-13(21)18-12(8-20)10-4-2-1-3-5-10/h1-5,8-9,12H,6-7H2,(H,18,21)(H,17,19,22). The number of carbonyl (C=O) groups excluding carboxylic acids is 3. The molecule has 0 radical (unpaired) electrons. The third kappa shape index (κ3) is 5.15. The molecule has 120 valence electrons. The van der Waals surface area contributed by atoms with E-state index in [2.05, 4.69) is 15.6 Å². The third-order valence-electron chi connectivity index (χ3n) is 2.87. The summed E-state index contributed by atoms with van der Waals surface area (Å²) in [5.41, 5.74) is 1.22. The highest BCUT2D eigenvalue weighted by Crippen LogP contribution is 2.16. The van der Waals surface area contributed by atoms with Gasteiger partial charge in [-0.3, -0.25) is 9.59 Å². The number of alkyl halides is 1. The van der Waals surface area contributed by atoms with Crippen LogP contribution in [0.15, 0.2) is 35.7 Å². The van der Waals surface area contributed by atoms with Gasteiger partial charge in [0.25, 0.3) is 0 Å². The van der Waals surface area contributed by atoms with Crippen LogP contribution in [-0.4, -0.2) is 29.0 Å². The molecule has 0 saturated carbocycles. The Morgan fingerprint density at radius 3 is 2.65 bits per heavy atom. The highest BCUT2D eigenvalue weighted by Gasteiger charge is 2.15. The molecule has 0 aliphatic rings. The van der Waals surface area contributed by atoms with Gasteiger partial charge in [-0.2, -0.15) is 0 Å². The molecule has 2 N–H and O–H groups in total. The number of nitrogens with zero attached hydrogens (tertiary/aromatic N) is 1. The normalized spacial score (nSPS) is 11.5. The molecular formula is C15H14ClN3O3S. The van der Waals surface area contributed by atoms with E-state index in [1.54, 1.807) is 29.6 Å². The molecule has 23 heavy (non-hydrogen) atoms. The smallest absolute Gasteiger partial charge is 0.241 e. The monoisotopic (exact) mass is 351 g/mol. The summed E-state index contributed by atoms with van der Waals surface area (Å²) in [5.74, 6) is -0.846. The van der Waals surface area contributed by atoms with Crippen LogP contribution in [0.4, 0.5) is 5.13 Å². The Morgan fingerprint density at radius 1 is 1.26 bits per heavy atom. The van der Waals surface area contributed by atoms with E-state index >= 15 is 0 Å². The van der Waals surface area contributed by atoms with Crippen LogP contribution in [-0.2, 0) is 20.8 Å². The fourth-order valence-electron chi connectivity index (χ4n) is 1.84. The van der Waals surface area contributed by atoms with Crippen LogP contribution in [0, 0.1) is 0 Å². The molecule has 0 aliphatic carbocycles. The van der Waals surface area contributed by atoms with Gasteiger partial charge in [0.2, 0.25) is 11.8 Å². The number of carbonyl (C=O) groups is 3. The number of aldehydes is 1. The molecule has 1 unspecified atom stereocenters. The van der Waals surface area contributed by atoms with E-state index in [-0.39, 0.29) is 24.1 Å². The number of halogens is 1. The van der Waals surface area contributed by atoms with Crippen molar-refractivity contribution in [1.82, 2.24) is 10.3 Å². The number of benzene rings is 1. The molecule has 0 aliphatic heterocycles. The SMILES string of the molecule is O=CC(NC(=O)Cc1csc(NC(=O)CCl)n1)c1ccccc1. The van der Waals surface area contributed by atoms with Crippen LogP contribution < -0.4 is 10.6 Å². The summed E-state index contributed by atoms with van der Waals surface area (Å²) in [5, 5.41) is 7.20. The maximum absolute atomic E-state index is 12.0. The number of hydrogen-bond donors (Lipinski definition) is 2. The van der Waals surface area contributed by atoms with Gasteiger partial charge in [0.1, 0.15) is 18.2 Å². The van der Waals surface area contributed by atoms with Crippen molar-refractivity contribution in [2.24, 2.45) is 0 Å². The Kier molecular flexibility index (Phi) is 6.25. The molecule has 2 aromatic rings. The van der Waals surface area contributed by atoms with E-state index in [1.165, 1.54) is 11.3 Å². The minimum Gasteiger partial charge on any atom is -0.342 e. The zero-order valence-corrected chi connectivity index (χ0v) is 13.6. The lowest BCUT2D eigenvalue weighted by molar-refractivity contribution is -0.123. The fraction of sp³-hybridized carbons (Fsp3) is 0.200. The van der Waals surface area contributed by atoms with Gasteiger partial charge >= 0.3 is 0 Å². The summed E-state index contributed by atoms with van der Waals surface area (Å²) < 4.78 is 0. The summed E-state index contributed by atoms with van der Waals surface area (Å²) in [6, 6.07) is 8.26. The van der Waals surface area contributed by atoms with Crippen LogP contribution in [0.2, 0.25) is 0 Å². The summed E-state index contributed by atoms with van der Waals surface area (Å²) >= 11 is 6.60. The van der Waals surface area contributed by atoms with Crippen molar-refractivity contribution in [2.45, 2.75) is 12.5 Å². The Hall–Kier alpha value is -2.25. The van der Waals surface area contributed by atoms with Gasteiger partial charge in [-0.1, -0.05) is 30.3 Å². The molecule has 1 aromatic carbocycles. The fourth-order valence-corrected chi connectivity index (χ4v) is 2.64. The van der Waals surface area contributed by atoms with Crippen molar-refractivity contribution >= 4 is 46.2 Å². The highest BCUT2D eigenvalue weighted by atomic mass is 35.5. The van der Waals surface area contributed by atoms with E-state index in [0.717, 1.165) is 0 Å². The second-order valence-electron chi connectivity index (χ2n) is 4.59. The number of nitrogens with one attached hydrogen (secondary N) is 2. The highest BCUT2D eigenvalue weighted by molar-refractivity contribution is 7.14. The molecule has 2 amide bonds. The number of thiazole rings is 1. The van der Waals surface area contributed by atoms with E-state index in [0.29, 0.717) is 22.7 Å². The average molecular weight is 352 g/mol. The first-order chi connectivity index (χ1) is 11.1. The molecule has 2 rings (SSSR count). The first kappa shape index (κ1) is 17.1. The van der Waals surface area contributed by atoms with Crippen LogP contribution in [0.3, 0.4) is 0 Å². The summed E-state index contributed by atoms with van der Waals surface area (Å²) in [7, 11) is 0. The van der Waals surface area contributed by atoms with Crippen LogP contribution >= 0.6 is 22.9 Å². The minimum absolute atomic E-state index is 0.0183. The quantitative estimate of drug-likeness (QED) is 0.589. The average Bonchev–Trinajstić information content (AvgIpc) is 3.00. The number of rotatable bonds is 7. The number of aromatic nitrogens is 1. The molecule has 0 bridgehead atoms. The molecule has 0 saturated heterocycles. The summed E-state index contributed by atoms with van der Waals surface area (Å²) in [6.07, 6.45) is 0.699. The zero-order chi connectivity index (χ0) is 16.7. The lowest BCUT2D eigenvalue weighted by Gasteiger charge is -2.12. The lowest BCUT2D eigenvalue weighted by Crippen LogP contribution is -2.30. The first-order valence-corrected chi connectivity index (χ1v) is 8.13. The summed E-state index contributed by atoms with van der Waals surface area (Å²) in [6.45, 7) is 0. The first-order valence-electron chi connectivity index (χ1n) is 6.72. The Balaban J connectivity index is 1.94. The van der Waals surface area contributed by atoms with Gasteiger partial charge in [-0.15, -0.1) is 22.9 Å². The van der Waals surface area contributed by atoms with Crippen LogP contribution in [0.1, 0.15) is 17.3 Å². The Morgan fingerprint density at radius 2 is 2.00 bits per heavy atom. The van der Waals surface area contributed by atoms with Gasteiger partial charge in [0.15, 0.2) is 5.13 Å². The summed E-state index contributed by atoms with van der Waals surface area (Å²) in [4.78, 5) is 38.5. The van der Waals surface area contributed by atoms with Gasteiger partial charge in [0.05, 0.1) is 12.1 Å². The molecule has 0 spiro atoms. The van der Waals surface area contributed by atoms with Crippen LogP contribution in [0.25, 0.3) is 0 Å². The molecule has 6 nitrogen and oxygen atoms in total. The van der Waals surface area contributed by atoms with Gasteiger partial charge in [0, 0.05) is 5.38 Å². The third-order valence-corrected chi connectivity index (χ3v) is 3.92. The zero-order valence-electron chi connectivity index (χ0n) is 12.0. The molecule has 1 atom stereocenters. The van der Waals surface area contributed by atoms with Gasteiger partial charge in [-0.25, -0.2) is 4.98 Å². The van der Waals surface area contributed by atoms with E-state index in [9.17, 15) is 14.4 Å². The van der Waals surface area contributed by atoms with Gasteiger partial charge in [-0.05, 0) is 5.56 Å². The molecule has 1 heterocycles. The number of amides is 2. The Bertz CT molecular complexity index is 690. The van der Waals surface area contributed by atoms with Gasteiger partial charge < -0.3 is 15.4 Å². The Labute approximate surface area is 141 Å². The topological polar surface area (TPSA) is 88.2 Å². The van der Waals surface area contributed by atoms with Crippen molar-refractivity contribution < 1.29 is 14.4 Å². The second kappa shape index (κ2) is 8.40. The number of anilines is 1. The van der Waals surface area contributed by atoms with Crippen molar-refractivity contribution in [3.05, 3.63) is 47.0 Å². The van der Waals surface area contributed by atoms with Crippen molar-refractivity contribution in [2.75, 3.05) is 11.2 Å². The molecular weight excluding hydrogens is 338 g/mol. The molecule has 1 aromatic heterocycles. The minimum atomic E-state index is -0.697. The predicted molar refractivity (Wildman–Crippen MR) is 88.6 cm³/mol. The van der Waals surface area contributed by atoms with E-state index in [1.807, 2.05) is 6.07 Å². The maximum Gasteiger partial charge on any atom is 0.241 e. The largest absolute Gasteiger partial charge is 0.342 e. The van der Waals surface area contributed by atoms with Crippen LogP contribution in [0.5, 0.6) is 0 Å². The second-order valence-corrected chi connectivity index (χ2v) is 5.72. The van der Waals surface area contributed by atoms with Crippen molar-refractivity contribution in [1.29, 1.82) is 0 Å². The van der Waals surface area contributed by atoms with E-state index < -0.39 is 6.04 Å². The molecule has 8 heteroatoms. The van der Waals surface area contributed by atoms with Crippen molar-refractivity contribution in [3.8, 4) is 0 Å². The molecule has 0 fully saturated rings. The van der Waals surface area contributed by atoms with Crippen molar-refractivity contribution in [3.63, 3.8) is 0 Å². The predicted octanol–water partition coefficient (Wildman–Crippen LogP) is 1.92. The lowest BCUT2D eigenvalue weighted by atomic mass is 10.1.